The van der Waals surface area contributed by atoms with Crippen LogP contribution in [-0.2, 0) is 14.3 Å². The smallest absolute Gasteiger partial charge is 0.309 e. The summed E-state index contributed by atoms with van der Waals surface area (Å²) in [5.41, 5.74) is 0. The number of esters is 1. The maximum absolute atomic E-state index is 11.2. The Bertz CT molecular complexity index is 224. The van der Waals surface area contributed by atoms with Gasteiger partial charge in [0, 0.05) is 0 Å². The summed E-state index contributed by atoms with van der Waals surface area (Å²) < 4.78 is 10.8. The van der Waals surface area contributed by atoms with Crippen molar-refractivity contribution in [2.24, 2.45) is 5.92 Å². The summed E-state index contributed by atoms with van der Waals surface area (Å²) in [5.74, 6) is -0.0907. The van der Waals surface area contributed by atoms with Crippen molar-refractivity contribution >= 4 is 34.3 Å². The normalized spacial score (nSPS) is 25.0. The Morgan fingerprint density at radius 2 is 2.21 bits per heavy atom. The van der Waals surface area contributed by atoms with Crippen LogP contribution in [0.15, 0.2) is 0 Å². The molecule has 0 bridgehead atoms. The molecule has 0 aromatic rings. The molecule has 0 atom stereocenters. The van der Waals surface area contributed by atoms with E-state index < -0.39 is 0 Å². The average Bonchev–Trinajstić information content (AvgIpc) is 2.10. The van der Waals surface area contributed by atoms with Crippen LogP contribution in [0.25, 0.3) is 0 Å². The fourth-order valence-corrected chi connectivity index (χ4v) is 1.67. The number of carbonyl (C=O) groups is 1. The van der Waals surface area contributed by atoms with E-state index in [1.807, 2.05) is 13.2 Å². The molecule has 0 saturated heterocycles. The molecular formula is C9H14O3S2. The first-order valence-electron chi connectivity index (χ1n) is 4.58. The van der Waals surface area contributed by atoms with E-state index in [1.165, 1.54) is 11.8 Å². The van der Waals surface area contributed by atoms with Crippen LogP contribution in [0, 0.1) is 5.92 Å². The van der Waals surface area contributed by atoms with Crippen molar-refractivity contribution in [2.75, 3.05) is 12.9 Å². The Kier molecular flexibility index (Phi) is 4.68. The SMILES string of the molecule is CCOC(=O)C1CC(OC(=S)SC)C1. The summed E-state index contributed by atoms with van der Waals surface area (Å²) in [5, 5.41) is 0. The van der Waals surface area contributed by atoms with Crippen LogP contribution in [0.2, 0.25) is 0 Å². The summed E-state index contributed by atoms with van der Waals surface area (Å²) in [6.07, 6.45) is 3.47. The molecule has 5 heteroatoms. The number of thioether (sulfide) groups is 1. The van der Waals surface area contributed by atoms with E-state index in [4.69, 9.17) is 21.7 Å². The lowest BCUT2D eigenvalue weighted by Crippen LogP contribution is -2.37. The molecular weight excluding hydrogens is 220 g/mol. The second kappa shape index (κ2) is 5.56. The highest BCUT2D eigenvalue weighted by Gasteiger charge is 2.37. The molecule has 3 nitrogen and oxygen atoms in total. The standard InChI is InChI=1S/C9H14O3S2/c1-3-11-8(10)6-4-7(5-6)12-9(13)14-2/h6-7H,3-5H2,1-2H3. The van der Waals surface area contributed by atoms with E-state index in [-0.39, 0.29) is 18.0 Å². The summed E-state index contributed by atoms with van der Waals surface area (Å²) in [6, 6.07) is 0. The van der Waals surface area contributed by atoms with Crippen molar-refractivity contribution < 1.29 is 14.3 Å². The predicted octanol–water partition coefficient (Wildman–Crippen LogP) is 1.99. The van der Waals surface area contributed by atoms with E-state index in [1.54, 1.807) is 0 Å². The third kappa shape index (κ3) is 3.13. The Labute approximate surface area is 93.5 Å². The third-order valence-electron chi connectivity index (χ3n) is 2.14. The first-order valence-corrected chi connectivity index (χ1v) is 6.22. The van der Waals surface area contributed by atoms with Gasteiger partial charge in [0.15, 0.2) is 0 Å². The fraction of sp³-hybridized carbons (Fsp3) is 0.778. The van der Waals surface area contributed by atoms with Crippen LogP contribution < -0.4 is 0 Å². The maximum Gasteiger partial charge on any atom is 0.309 e. The van der Waals surface area contributed by atoms with E-state index in [0.717, 1.165) is 12.8 Å². The molecule has 0 heterocycles. The molecule has 0 unspecified atom stereocenters. The van der Waals surface area contributed by atoms with Gasteiger partial charge in [-0.15, -0.1) is 0 Å². The maximum atomic E-state index is 11.2. The van der Waals surface area contributed by atoms with Gasteiger partial charge >= 0.3 is 5.97 Å². The first kappa shape index (κ1) is 11.8. The van der Waals surface area contributed by atoms with Crippen molar-refractivity contribution in [3.63, 3.8) is 0 Å². The van der Waals surface area contributed by atoms with Gasteiger partial charge in [-0.05, 0) is 38.2 Å². The average molecular weight is 234 g/mol. The molecule has 1 saturated carbocycles. The highest BCUT2D eigenvalue weighted by molar-refractivity contribution is 8.22. The van der Waals surface area contributed by atoms with Crippen LogP contribution in [0.3, 0.4) is 0 Å². The van der Waals surface area contributed by atoms with E-state index in [2.05, 4.69) is 0 Å². The molecule has 0 aliphatic heterocycles. The van der Waals surface area contributed by atoms with Gasteiger partial charge in [-0.1, -0.05) is 11.8 Å². The van der Waals surface area contributed by atoms with Gasteiger partial charge in [-0.25, -0.2) is 0 Å². The molecule has 1 rings (SSSR count). The zero-order valence-electron chi connectivity index (χ0n) is 8.32. The molecule has 1 aliphatic carbocycles. The number of rotatable bonds is 3. The fourth-order valence-electron chi connectivity index (χ4n) is 1.30. The van der Waals surface area contributed by atoms with Crippen LogP contribution in [0.1, 0.15) is 19.8 Å². The van der Waals surface area contributed by atoms with Crippen molar-refractivity contribution in [3.8, 4) is 0 Å². The number of thiocarbonyl (C=S) groups is 1. The highest BCUT2D eigenvalue weighted by Crippen LogP contribution is 2.32. The van der Waals surface area contributed by atoms with Crippen LogP contribution in [-0.4, -0.2) is 29.3 Å². The molecule has 0 spiro atoms. The number of hydrogen-bond acceptors (Lipinski definition) is 5. The van der Waals surface area contributed by atoms with Gasteiger partial charge in [0.05, 0.1) is 12.5 Å². The zero-order chi connectivity index (χ0) is 10.6. The summed E-state index contributed by atoms with van der Waals surface area (Å²) in [7, 11) is 0. The Morgan fingerprint density at radius 1 is 1.57 bits per heavy atom. The molecule has 14 heavy (non-hydrogen) atoms. The lowest BCUT2D eigenvalue weighted by molar-refractivity contribution is -0.154. The zero-order valence-corrected chi connectivity index (χ0v) is 9.95. The Hall–Kier alpha value is -0.290. The second-order valence-corrected chi connectivity index (χ2v) is 4.52. The minimum absolute atomic E-state index is 0.0182. The summed E-state index contributed by atoms with van der Waals surface area (Å²) >= 11 is 6.33. The lowest BCUT2D eigenvalue weighted by atomic mass is 9.82. The van der Waals surface area contributed by atoms with Crippen molar-refractivity contribution in [1.29, 1.82) is 0 Å². The predicted molar refractivity (Wildman–Crippen MR) is 60.3 cm³/mol. The van der Waals surface area contributed by atoms with E-state index >= 15 is 0 Å². The van der Waals surface area contributed by atoms with Gasteiger partial charge in [-0.3, -0.25) is 4.79 Å². The van der Waals surface area contributed by atoms with Crippen LogP contribution in [0.5, 0.6) is 0 Å². The van der Waals surface area contributed by atoms with Crippen LogP contribution >= 0.6 is 24.0 Å². The minimum atomic E-state index is -0.109. The lowest BCUT2D eigenvalue weighted by Gasteiger charge is -2.33. The van der Waals surface area contributed by atoms with Crippen molar-refractivity contribution in [1.82, 2.24) is 0 Å². The Morgan fingerprint density at radius 3 is 2.71 bits per heavy atom. The molecule has 0 N–H and O–H groups in total. The van der Waals surface area contributed by atoms with Crippen LogP contribution in [0.4, 0.5) is 0 Å². The monoisotopic (exact) mass is 234 g/mol. The van der Waals surface area contributed by atoms with Gasteiger partial charge in [-0.2, -0.15) is 0 Å². The number of hydrogen-bond donors (Lipinski definition) is 0. The van der Waals surface area contributed by atoms with Gasteiger partial charge in [0.2, 0.25) is 4.38 Å². The second-order valence-electron chi connectivity index (χ2n) is 3.11. The summed E-state index contributed by atoms with van der Waals surface area (Å²) in [6.45, 7) is 2.26. The van der Waals surface area contributed by atoms with E-state index in [9.17, 15) is 4.79 Å². The number of carbonyl (C=O) groups excluding carboxylic acids is 1. The van der Waals surface area contributed by atoms with Gasteiger partial charge < -0.3 is 9.47 Å². The molecule has 1 aliphatic rings. The molecule has 0 aromatic carbocycles. The van der Waals surface area contributed by atoms with Crippen molar-refractivity contribution in [2.45, 2.75) is 25.9 Å². The molecule has 0 aromatic heterocycles. The summed E-state index contributed by atoms with van der Waals surface area (Å²) in [4.78, 5) is 11.2. The van der Waals surface area contributed by atoms with Crippen molar-refractivity contribution in [3.05, 3.63) is 0 Å². The molecule has 0 radical (unpaired) electrons. The topological polar surface area (TPSA) is 35.5 Å². The minimum Gasteiger partial charge on any atom is -0.475 e. The van der Waals surface area contributed by atoms with Gasteiger partial charge in [0.25, 0.3) is 0 Å². The van der Waals surface area contributed by atoms with Gasteiger partial charge in [0.1, 0.15) is 6.10 Å². The third-order valence-corrected chi connectivity index (χ3v) is 3.17. The number of ether oxygens (including phenoxy) is 2. The molecule has 80 valence electrons. The van der Waals surface area contributed by atoms with E-state index in [0.29, 0.717) is 11.0 Å². The largest absolute Gasteiger partial charge is 0.475 e. The quantitative estimate of drug-likeness (QED) is 0.551. The highest BCUT2D eigenvalue weighted by atomic mass is 32.2. The molecule has 1 fully saturated rings. The Balaban J connectivity index is 2.17. The first-order chi connectivity index (χ1) is 6.67. The molecule has 0 amide bonds.